The average Bonchev–Trinajstić information content (AvgIpc) is 2.64. The number of carbonyl (C=O) groups excluding carboxylic acids is 1. The van der Waals surface area contributed by atoms with E-state index in [1.807, 2.05) is 0 Å². The number of nitrogens with one attached hydrogen (secondary N) is 2. The largest absolute Gasteiger partial charge is 0.437 e. The summed E-state index contributed by atoms with van der Waals surface area (Å²) in [4.78, 5) is 20.1. The Labute approximate surface area is 164 Å². The lowest BCUT2D eigenvalue weighted by Crippen LogP contribution is -2.41. The molecule has 3 rings (SSSR count). The fourth-order valence-corrected chi connectivity index (χ4v) is 4.38. The zero-order valence-corrected chi connectivity index (χ0v) is 16.5. The molecule has 2 N–H and O–H groups in total. The fourth-order valence-electron chi connectivity index (χ4n) is 3.14. The van der Waals surface area contributed by atoms with Crippen molar-refractivity contribution in [2.75, 3.05) is 11.1 Å². The number of aromatic nitrogens is 2. The van der Waals surface area contributed by atoms with Gasteiger partial charge in [0.2, 0.25) is 21.8 Å². The van der Waals surface area contributed by atoms with E-state index in [-0.39, 0.29) is 6.04 Å². The van der Waals surface area contributed by atoms with Gasteiger partial charge in [-0.2, -0.15) is 0 Å². The fraction of sp³-hybridized carbons (Fsp3) is 0.421. The number of nitrogens with zero attached hydrogens (tertiary/aromatic N) is 2. The molecule has 28 heavy (non-hydrogen) atoms. The molecule has 1 aromatic heterocycles. The average molecular weight is 404 g/mol. The molecule has 9 heteroatoms. The molecular formula is C19H24N4O4S. The van der Waals surface area contributed by atoms with Crippen molar-refractivity contribution in [1.82, 2.24) is 14.7 Å². The van der Waals surface area contributed by atoms with Gasteiger partial charge in [-0.3, -0.25) is 9.78 Å². The molecule has 1 saturated carbocycles. The number of amides is 1. The predicted molar refractivity (Wildman–Crippen MR) is 106 cm³/mol. The highest BCUT2D eigenvalue weighted by molar-refractivity contribution is 7.90. The summed E-state index contributed by atoms with van der Waals surface area (Å²) in [7, 11) is -3.69. The Morgan fingerprint density at radius 1 is 1.21 bits per heavy atom. The van der Waals surface area contributed by atoms with Crippen molar-refractivity contribution >= 4 is 21.6 Å². The van der Waals surface area contributed by atoms with Crippen molar-refractivity contribution in [3.05, 3.63) is 42.9 Å². The van der Waals surface area contributed by atoms with Crippen LogP contribution in [0.2, 0.25) is 0 Å². The van der Waals surface area contributed by atoms with Gasteiger partial charge >= 0.3 is 0 Å². The van der Waals surface area contributed by atoms with Crippen LogP contribution in [-0.4, -0.2) is 36.1 Å². The van der Waals surface area contributed by atoms with Gasteiger partial charge in [0, 0.05) is 30.2 Å². The van der Waals surface area contributed by atoms with Gasteiger partial charge < -0.3 is 10.1 Å². The number of hydrogen-bond acceptors (Lipinski definition) is 6. The Kier molecular flexibility index (Phi) is 6.58. The van der Waals surface area contributed by atoms with Gasteiger partial charge in [0.1, 0.15) is 11.5 Å². The van der Waals surface area contributed by atoms with Crippen LogP contribution in [0.5, 0.6) is 11.6 Å². The highest BCUT2D eigenvalue weighted by Crippen LogP contribution is 2.24. The van der Waals surface area contributed by atoms with Crippen molar-refractivity contribution in [1.29, 1.82) is 0 Å². The van der Waals surface area contributed by atoms with Crippen molar-refractivity contribution in [3.63, 3.8) is 0 Å². The highest BCUT2D eigenvalue weighted by Gasteiger charge is 2.24. The van der Waals surface area contributed by atoms with E-state index in [1.165, 1.54) is 18.6 Å². The maximum atomic E-state index is 12.3. The molecule has 0 radical (unpaired) electrons. The molecular weight excluding hydrogens is 380 g/mol. The molecule has 1 aromatic carbocycles. The lowest BCUT2D eigenvalue weighted by atomic mass is 9.88. The molecule has 8 nitrogen and oxygen atoms in total. The standard InChI is InChI=1S/C19H24N4O4S/c1-14-5-7-15(8-6-14)23-28(25,26)13-18(24)22-16-3-2-4-17(11-16)27-19-12-20-9-10-21-19/h2-4,9-12,14-15,23H,5-8,13H2,1H3,(H,22,24). The summed E-state index contributed by atoms with van der Waals surface area (Å²) in [6, 6.07) is 6.56. The zero-order chi connectivity index (χ0) is 20.0. The highest BCUT2D eigenvalue weighted by atomic mass is 32.2. The number of anilines is 1. The summed E-state index contributed by atoms with van der Waals surface area (Å²) in [5, 5.41) is 2.59. The van der Waals surface area contributed by atoms with Crippen molar-refractivity contribution in [2.24, 2.45) is 5.92 Å². The summed E-state index contributed by atoms with van der Waals surface area (Å²) in [5.41, 5.74) is 0.438. The van der Waals surface area contributed by atoms with E-state index >= 15 is 0 Å². The van der Waals surface area contributed by atoms with E-state index in [2.05, 4.69) is 26.9 Å². The van der Waals surface area contributed by atoms with Crippen LogP contribution in [0.15, 0.2) is 42.9 Å². The third-order valence-electron chi connectivity index (χ3n) is 4.56. The number of ether oxygens (including phenoxy) is 1. The normalized spacial score (nSPS) is 19.8. The predicted octanol–water partition coefficient (Wildman–Crippen LogP) is 2.71. The molecule has 1 aliphatic rings. The molecule has 0 unspecified atom stereocenters. The Morgan fingerprint density at radius 2 is 2.00 bits per heavy atom. The summed E-state index contributed by atoms with van der Waals surface area (Å²) in [5.74, 6) is 0.179. The van der Waals surface area contributed by atoms with Gasteiger partial charge in [0.15, 0.2) is 0 Å². The van der Waals surface area contributed by atoms with Crippen molar-refractivity contribution in [3.8, 4) is 11.6 Å². The molecule has 0 spiro atoms. The van der Waals surface area contributed by atoms with Gasteiger partial charge in [-0.1, -0.05) is 13.0 Å². The van der Waals surface area contributed by atoms with Gasteiger partial charge in [0.25, 0.3) is 0 Å². The SMILES string of the molecule is CC1CCC(NS(=O)(=O)CC(=O)Nc2cccc(Oc3cnccn3)c2)CC1. The van der Waals surface area contributed by atoms with E-state index in [1.54, 1.807) is 24.3 Å². The quantitative estimate of drug-likeness (QED) is 0.734. The summed E-state index contributed by atoms with van der Waals surface area (Å²) >= 11 is 0. The molecule has 2 aromatic rings. The minimum atomic E-state index is -3.69. The first-order valence-corrected chi connectivity index (χ1v) is 10.9. The third kappa shape index (κ3) is 6.28. The first-order valence-electron chi connectivity index (χ1n) is 9.23. The first kappa shape index (κ1) is 20.2. The van der Waals surface area contributed by atoms with E-state index in [9.17, 15) is 13.2 Å². The topological polar surface area (TPSA) is 110 Å². The van der Waals surface area contributed by atoms with Crippen LogP contribution in [0.3, 0.4) is 0 Å². The monoisotopic (exact) mass is 404 g/mol. The number of rotatable bonds is 7. The lowest BCUT2D eigenvalue weighted by molar-refractivity contribution is -0.113. The number of hydrogen-bond donors (Lipinski definition) is 2. The van der Waals surface area contributed by atoms with Gasteiger partial charge in [-0.15, -0.1) is 0 Å². The van der Waals surface area contributed by atoms with Crippen LogP contribution in [0.25, 0.3) is 0 Å². The second kappa shape index (κ2) is 9.11. The molecule has 0 aliphatic heterocycles. The van der Waals surface area contributed by atoms with E-state index in [4.69, 9.17) is 4.74 Å². The first-order chi connectivity index (χ1) is 13.4. The molecule has 1 heterocycles. The Hall–Kier alpha value is -2.52. The molecule has 1 fully saturated rings. The third-order valence-corrected chi connectivity index (χ3v) is 5.90. The minimum absolute atomic E-state index is 0.0855. The van der Waals surface area contributed by atoms with Crippen LogP contribution in [0.4, 0.5) is 5.69 Å². The molecule has 0 atom stereocenters. The van der Waals surface area contributed by atoms with Crippen LogP contribution < -0.4 is 14.8 Å². The summed E-state index contributed by atoms with van der Waals surface area (Å²) < 4.78 is 32.8. The molecule has 0 saturated heterocycles. The number of carbonyl (C=O) groups is 1. The van der Waals surface area contributed by atoms with Crippen molar-refractivity contribution < 1.29 is 17.9 Å². The van der Waals surface area contributed by atoms with Gasteiger partial charge in [-0.25, -0.2) is 18.1 Å². The van der Waals surface area contributed by atoms with E-state index in [0.29, 0.717) is 23.2 Å². The number of sulfonamides is 1. The maximum absolute atomic E-state index is 12.3. The second-order valence-corrected chi connectivity index (χ2v) is 8.81. The van der Waals surface area contributed by atoms with Crippen LogP contribution >= 0.6 is 0 Å². The maximum Gasteiger partial charge on any atom is 0.240 e. The Morgan fingerprint density at radius 3 is 2.71 bits per heavy atom. The molecule has 150 valence electrons. The smallest absolute Gasteiger partial charge is 0.240 e. The minimum Gasteiger partial charge on any atom is -0.437 e. The Balaban J connectivity index is 1.54. The summed E-state index contributed by atoms with van der Waals surface area (Å²) in [6.45, 7) is 2.17. The Bertz CT molecular complexity index is 897. The van der Waals surface area contributed by atoms with Gasteiger partial charge in [0.05, 0.1) is 6.20 Å². The van der Waals surface area contributed by atoms with E-state index < -0.39 is 21.7 Å². The van der Waals surface area contributed by atoms with Crippen molar-refractivity contribution in [2.45, 2.75) is 38.6 Å². The molecule has 0 bridgehead atoms. The number of benzene rings is 1. The van der Waals surface area contributed by atoms with Gasteiger partial charge in [-0.05, 0) is 43.7 Å². The van der Waals surface area contributed by atoms with E-state index in [0.717, 1.165) is 25.7 Å². The van der Waals surface area contributed by atoms with Crippen LogP contribution in [-0.2, 0) is 14.8 Å². The zero-order valence-electron chi connectivity index (χ0n) is 15.7. The van der Waals surface area contributed by atoms with Crippen LogP contribution in [0.1, 0.15) is 32.6 Å². The molecule has 1 aliphatic carbocycles. The second-order valence-electron chi connectivity index (χ2n) is 7.06. The lowest BCUT2D eigenvalue weighted by Gasteiger charge is -2.26. The molecule has 1 amide bonds. The summed E-state index contributed by atoms with van der Waals surface area (Å²) in [6.07, 6.45) is 8.12. The van der Waals surface area contributed by atoms with Crippen LogP contribution in [0, 0.1) is 5.92 Å².